The van der Waals surface area contributed by atoms with Gasteiger partial charge < -0.3 is 0 Å². The van der Waals surface area contributed by atoms with Crippen LogP contribution < -0.4 is 0 Å². The van der Waals surface area contributed by atoms with Crippen molar-refractivity contribution in [2.45, 2.75) is 6.92 Å². The summed E-state index contributed by atoms with van der Waals surface area (Å²) in [6.07, 6.45) is 1.60. The lowest BCUT2D eigenvalue weighted by molar-refractivity contribution is 0.897. The largest absolute Gasteiger partial charge is 0.225 e. The van der Waals surface area contributed by atoms with Crippen molar-refractivity contribution in [3.63, 3.8) is 0 Å². The van der Waals surface area contributed by atoms with Gasteiger partial charge in [-0.1, -0.05) is 0 Å². The second-order valence-corrected chi connectivity index (χ2v) is 3.46. The first-order valence-corrected chi connectivity index (χ1v) is 4.39. The molecule has 2 aromatic heterocycles. The minimum Gasteiger partial charge on any atom is -0.225 e. The number of halogens is 2. The molecule has 2 heterocycles. The van der Waals surface area contributed by atoms with Crippen LogP contribution in [0.4, 0.5) is 0 Å². The number of aromatic nitrogens is 4. The molecule has 0 atom stereocenters. The maximum absolute atomic E-state index is 5.77. The Morgan fingerprint density at radius 1 is 1.58 bits per heavy atom. The first kappa shape index (κ1) is 7.94. The lowest BCUT2D eigenvalue weighted by Crippen LogP contribution is -1.92. The quantitative estimate of drug-likeness (QED) is 0.667. The topological polar surface area (TPSA) is 43.1 Å². The van der Waals surface area contributed by atoms with Crippen molar-refractivity contribution in [1.82, 2.24) is 19.6 Å². The second-order valence-electron chi connectivity index (χ2n) is 2.27. The van der Waals surface area contributed by atoms with Crippen LogP contribution in [0, 0.1) is 6.92 Å². The highest BCUT2D eigenvalue weighted by atomic mass is 79.9. The standard InChI is InChI=1S/C6H4BrClN4/c1-3-10-5-4(7)2-9-6(8)12(5)11-3/h2H,1H3. The average molecular weight is 247 g/mol. The summed E-state index contributed by atoms with van der Waals surface area (Å²) in [7, 11) is 0. The highest BCUT2D eigenvalue weighted by Gasteiger charge is 2.06. The van der Waals surface area contributed by atoms with E-state index in [1.54, 1.807) is 13.1 Å². The van der Waals surface area contributed by atoms with E-state index in [0.29, 0.717) is 16.8 Å². The molecule has 0 aliphatic rings. The molecule has 2 aromatic rings. The zero-order valence-corrected chi connectivity index (χ0v) is 8.46. The molecule has 0 radical (unpaired) electrons. The van der Waals surface area contributed by atoms with Gasteiger partial charge in [-0.05, 0) is 34.5 Å². The molecule has 0 N–H and O–H groups in total. The molecule has 0 fully saturated rings. The minimum atomic E-state index is 0.314. The fraction of sp³-hybridized carbons (Fsp3) is 0.167. The molecule has 0 unspecified atom stereocenters. The SMILES string of the molecule is Cc1nc2c(Br)cnc(Cl)n2n1. The first-order valence-electron chi connectivity index (χ1n) is 3.22. The van der Waals surface area contributed by atoms with Crippen LogP contribution in [0.1, 0.15) is 5.82 Å². The zero-order valence-electron chi connectivity index (χ0n) is 6.12. The van der Waals surface area contributed by atoms with Gasteiger partial charge in [0, 0.05) is 6.20 Å². The molecule has 0 amide bonds. The molecule has 2 rings (SSSR count). The Kier molecular flexibility index (Phi) is 1.77. The van der Waals surface area contributed by atoms with E-state index >= 15 is 0 Å². The van der Waals surface area contributed by atoms with Crippen LogP contribution in [-0.2, 0) is 0 Å². The molecule has 6 heteroatoms. The number of hydrogen-bond donors (Lipinski definition) is 0. The summed E-state index contributed by atoms with van der Waals surface area (Å²) in [5.74, 6) is 0.672. The highest BCUT2D eigenvalue weighted by Crippen LogP contribution is 2.17. The third-order valence-electron chi connectivity index (χ3n) is 1.39. The van der Waals surface area contributed by atoms with Gasteiger partial charge in [0.1, 0.15) is 5.82 Å². The second kappa shape index (κ2) is 2.67. The number of fused-ring (bicyclic) bond motifs is 1. The Hall–Kier alpha value is -0.680. The average Bonchev–Trinajstić information content (AvgIpc) is 2.41. The summed E-state index contributed by atoms with van der Waals surface area (Å²) < 4.78 is 2.27. The van der Waals surface area contributed by atoms with Crippen LogP contribution in [0.25, 0.3) is 5.65 Å². The lowest BCUT2D eigenvalue weighted by Gasteiger charge is -1.94. The Balaban J connectivity index is 2.93. The van der Waals surface area contributed by atoms with Gasteiger partial charge in [-0.25, -0.2) is 9.97 Å². The summed E-state index contributed by atoms with van der Waals surface area (Å²) in [6, 6.07) is 0. The van der Waals surface area contributed by atoms with Gasteiger partial charge in [0.15, 0.2) is 5.65 Å². The van der Waals surface area contributed by atoms with Gasteiger partial charge >= 0.3 is 0 Å². The van der Waals surface area contributed by atoms with Crippen molar-refractivity contribution in [3.8, 4) is 0 Å². The summed E-state index contributed by atoms with van der Waals surface area (Å²) in [5.41, 5.74) is 0.688. The smallest absolute Gasteiger partial charge is 0.225 e. The minimum absolute atomic E-state index is 0.314. The van der Waals surface area contributed by atoms with Gasteiger partial charge in [-0.3, -0.25) is 0 Å². The van der Waals surface area contributed by atoms with E-state index in [1.165, 1.54) is 4.52 Å². The highest BCUT2D eigenvalue weighted by molar-refractivity contribution is 9.10. The third-order valence-corrected chi connectivity index (χ3v) is 2.20. The first-order chi connectivity index (χ1) is 5.68. The Morgan fingerprint density at radius 3 is 3.00 bits per heavy atom. The maximum atomic E-state index is 5.77. The van der Waals surface area contributed by atoms with E-state index in [0.717, 1.165) is 4.47 Å². The van der Waals surface area contributed by atoms with Crippen LogP contribution >= 0.6 is 27.5 Å². The Labute approximate surface area is 81.7 Å². The molecule has 0 bridgehead atoms. The number of nitrogens with zero attached hydrogens (tertiary/aromatic N) is 4. The number of aryl methyl sites for hydroxylation is 1. The lowest BCUT2D eigenvalue weighted by atomic mass is 10.6. The summed E-state index contributed by atoms with van der Waals surface area (Å²) >= 11 is 9.07. The number of hydrogen-bond acceptors (Lipinski definition) is 3. The van der Waals surface area contributed by atoms with E-state index in [2.05, 4.69) is 31.0 Å². The molecule has 4 nitrogen and oxygen atoms in total. The van der Waals surface area contributed by atoms with E-state index in [9.17, 15) is 0 Å². The van der Waals surface area contributed by atoms with Gasteiger partial charge in [0.25, 0.3) is 0 Å². The zero-order chi connectivity index (χ0) is 8.72. The van der Waals surface area contributed by atoms with Crippen molar-refractivity contribution in [3.05, 3.63) is 21.8 Å². The van der Waals surface area contributed by atoms with Gasteiger partial charge in [0.2, 0.25) is 5.28 Å². The molecule has 62 valence electrons. The predicted molar refractivity (Wildman–Crippen MR) is 48.2 cm³/mol. The van der Waals surface area contributed by atoms with Gasteiger partial charge in [0.05, 0.1) is 4.47 Å². The normalized spacial score (nSPS) is 10.9. The van der Waals surface area contributed by atoms with Crippen molar-refractivity contribution in [2.24, 2.45) is 0 Å². The van der Waals surface area contributed by atoms with Crippen LogP contribution in [0.3, 0.4) is 0 Å². The molecular weight excluding hydrogens is 243 g/mol. The molecular formula is C6H4BrClN4. The number of rotatable bonds is 0. The molecule has 12 heavy (non-hydrogen) atoms. The van der Waals surface area contributed by atoms with E-state index in [4.69, 9.17) is 11.6 Å². The van der Waals surface area contributed by atoms with E-state index in [-0.39, 0.29) is 0 Å². The monoisotopic (exact) mass is 246 g/mol. The van der Waals surface area contributed by atoms with Crippen LogP contribution in [0.5, 0.6) is 0 Å². The summed E-state index contributed by atoms with van der Waals surface area (Å²) in [6.45, 7) is 1.80. The van der Waals surface area contributed by atoms with Crippen LogP contribution in [0.15, 0.2) is 10.7 Å². The fourth-order valence-electron chi connectivity index (χ4n) is 0.921. The summed E-state index contributed by atoms with van der Waals surface area (Å²) in [4.78, 5) is 8.05. The van der Waals surface area contributed by atoms with Crippen molar-refractivity contribution < 1.29 is 0 Å². The van der Waals surface area contributed by atoms with Crippen LogP contribution in [0.2, 0.25) is 5.28 Å². The Morgan fingerprint density at radius 2 is 2.33 bits per heavy atom. The predicted octanol–water partition coefficient (Wildman–Crippen LogP) is 1.85. The van der Waals surface area contributed by atoms with Crippen LogP contribution in [-0.4, -0.2) is 19.6 Å². The molecule has 0 spiro atoms. The van der Waals surface area contributed by atoms with Crippen molar-refractivity contribution in [2.75, 3.05) is 0 Å². The van der Waals surface area contributed by atoms with Crippen molar-refractivity contribution >= 4 is 33.2 Å². The Bertz CT molecular complexity index is 399. The molecule has 0 saturated carbocycles. The third kappa shape index (κ3) is 1.09. The van der Waals surface area contributed by atoms with Gasteiger partial charge in [-0.15, -0.1) is 5.10 Å². The molecule has 0 saturated heterocycles. The van der Waals surface area contributed by atoms with Gasteiger partial charge in [-0.2, -0.15) is 4.52 Å². The summed E-state index contributed by atoms with van der Waals surface area (Å²) in [5, 5.41) is 4.37. The molecule has 0 aliphatic carbocycles. The molecule has 0 aliphatic heterocycles. The van der Waals surface area contributed by atoms with Crippen molar-refractivity contribution in [1.29, 1.82) is 0 Å². The molecule has 0 aromatic carbocycles. The van der Waals surface area contributed by atoms with E-state index in [1.807, 2.05) is 0 Å². The van der Waals surface area contributed by atoms with E-state index < -0.39 is 0 Å². The fourth-order valence-corrected chi connectivity index (χ4v) is 1.45. The maximum Gasteiger partial charge on any atom is 0.225 e.